The van der Waals surface area contributed by atoms with E-state index in [1.807, 2.05) is 6.33 Å². The van der Waals surface area contributed by atoms with Gasteiger partial charge in [-0.3, -0.25) is 0 Å². The molecule has 0 aliphatic carbocycles. The molecule has 1 unspecified atom stereocenters. The van der Waals surface area contributed by atoms with Gasteiger partial charge in [0.2, 0.25) is 0 Å². The first kappa shape index (κ1) is 10.2. The average molecular weight is 202 g/mol. The number of hydrogen-bond acceptors (Lipinski definition) is 1. The first-order chi connectivity index (χ1) is 7.22. The number of rotatable bonds is 3. The molecular formula is C13H18N2. The van der Waals surface area contributed by atoms with E-state index in [0.717, 1.165) is 5.52 Å². The maximum absolute atomic E-state index is 4.45. The molecule has 1 aromatic heterocycles. The topological polar surface area (TPSA) is 17.8 Å². The molecule has 2 aromatic rings. The lowest BCUT2D eigenvalue weighted by atomic mass is 10.1. The van der Waals surface area contributed by atoms with Gasteiger partial charge >= 0.3 is 0 Å². The van der Waals surface area contributed by atoms with Crippen LogP contribution in [0.3, 0.4) is 0 Å². The van der Waals surface area contributed by atoms with Gasteiger partial charge in [-0.2, -0.15) is 0 Å². The molecule has 2 heteroatoms. The smallest absolute Gasteiger partial charge is 0.0960 e. The minimum absolute atomic E-state index is 0.544. The molecule has 0 spiro atoms. The zero-order chi connectivity index (χ0) is 10.8. The number of fused-ring (bicyclic) bond motifs is 1. The van der Waals surface area contributed by atoms with Gasteiger partial charge in [-0.25, -0.2) is 4.98 Å². The molecule has 1 atom stereocenters. The Labute approximate surface area is 90.9 Å². The van der Waals surface area contributed by atoms with Crippen molar-refractivity contribution in [2.24, 2.45) is 0 Å². The van der Waals surface area contributed by atoms with Crippen molar-refractivity contribution >= 4 is 11.0 Å². The first-order valence-corrected chi connectivity index (χ1v) is 5.65. The number of nitrogens with zero attached hydrogens (tertiary/aromatic N) is 2. The fourth-order valence-electron chi connectivity index (χ4n) is 2.05. The Morgan fingerprint density at radius 3 is 2.93 bits per heavy atom. The zero-order valence-electron chi connectivity index (χ0n) is 9.70. The molecule has 2 nitrogen and oxygen atoms in total. The van der Waals surface area contributed by atoms with Gasteiger partial charge in [-0.15, -0.1) is 0 Å². The number of benzene rings is 1. The lowest BCUT2D eigenvalue weighted by Gasteiger charge is -2.12. The molecule has 0 saturated heterocycles. The first-order valence-electron chi connectivity index (χ1n) is 5.65. The van der Waals surface area contributed by atoms with Crippen LogP contribution in [0.4, 0.5) is 0 Å². The Morgan fingerprint density at radius 2 is 2.20 bits per heavy atom. The van der Waals surface area contributed by atoms with Gasteiger partial charge in [0.15, 0.2) is 0 Å². The highest BCUT2D eigenvalue weighted by Crippen LogP contribution is 2.21. The highest BCUT2D eigenvalue weighted by Gasteiger charge is 2.07. The third kappa shape index (κ3) is 1.89. The van der Waals surface area contributed by atoms with Crippen LogP contribution in [0.1, 0.15) is 38.3 Å². The molecule has 0 fully saturated rings. The summed E-state index contributed by atoms with van der Waals surface area (Å²) in [7, 11) is 0. The molecule has 0 radical (unpaired) electrons. The number of hydrogen-bond donors (Lipinski definition) is 0. The Kier molecular flexibility index (Phi) is 2.76. The van der Waals surface area contributed by atoms with Gasteiger partial charge in [0.05, 0.1) is 17.4 Å². The Morgan fingerprint density at radius 1 is 1.40 bits per heavy atom. The normalized spacial score (nSPS) is 13.3. The van der Waals surface area contributed by atoms with E-state index in [-0.39, 0.29) is 0 Å². The van der Waals surface area contributed by atoms with E-state index >= 15 is 0 Å². The summed E-state index contributed by atoms with van der Waals surface area (Å²) in [6, 6.07) is 7.01. The molecule has 1 aromatic carbocycles. The van der Waals surface area contributed by atoms with Crippen molar-refractivity contribution in [2.45, 2.75) is 39.7 Å². The van der Waals surface area contributed by atoms with Crippen molar-refractivity contribution in [1.29, 1.82) is 0 Å². The highest BCUT2D eigenvalue weighted by atomic mass is 15.1. The zero-order valence-corrected chi connectivity index (χ0v) is 9.70. The molecule has 80 valence electrons. The minimum atomic E-state index is 0.544. The van der Waals surface area contributed by atoms with Crippen LogP contribution < -0.4 is 0 Å². The molecule has 0 amide bonds. The van der Waals surface area contributed by atoms with Crippen LogP contribution in [-0.2, 0) is 0 Å². The van der Waals surface area contributed by atoms with Gasteiger partial charge in [0, 0.05) is 6.04 Å². The fourth-order valence-corrected chi connectivity index (χ4v) is 2.05. The summed E-state index contributed by atoms with van der Waals surface area (Å²) in [5.41, 5.74) is 3.63. The Balaban J connectivity index is 2.44. The monoisotopic (exact) mass is 202 g/mol. The summed E-state index contributed by atoms with van der Waals surface area (Å²) in [6.45, 7) is 6.58. The van der Waals surface area contributed by atoms with E-state index in [0.29, 0.717) is 6.04 Å². The fraction of sp³-hybridized carbons (Fsp3) is 0.462. The molecule has 0 aliphatic heterocycles. The van der Waals surface area contributed by atoms with Crippen LogP contribution in [-0.4, -0.2) is 9.55 Å². The summed E-state index contributed by atoms with van der Waals surface area (Å²) in [6.07, 6.45) is 4.39. The number of aromatic nitrogens is 2. The summed E-state index contributed by atoms with van der Waals surface area (Å²) in [5, 5.41) is 0. The van der Waals surface area contributed by atoms with E-state index in [1.54, 1.807) is 0 Å². The van der Waals surface area contributed by atoms with Crippen molar-refractivity contribution in [1.82, 2.24) is 9.55 Å². The summed E-state index contributed by atoms with van der Waals surface area (Å²) in [5.74, 6) is 0. The number of imidazole rings is 1. The van der Waals surface area contributed by atoms with E-state index < -0.39 is 0 Å². The third-order valence-corrected chi connectivity index (χ3v) is 2.91. The largest absolute Gasteiger partial charge is 0.328 e. The SMILES string of the molecule is CCCC(C)n1cnc2cc(C)ccc21. The van der Waals surface area contributed by atoms with Crippen molar-refractivity contribution in [3.63, 3.8) is 0 Å². The van der Waals surface area contributed by atoms with Gasteiger partial charge < -0.3 is 4.57 Å². The van der Waals surface area contributed by atoms with Crippen LogP contribution in [0.25, 0.3) is 11.0 Å². The predicted molar refractivity (Wildman–Crippen MR) is 64.1 cm³/mol. The predicted octanol–water partition coefficient (Wildman–Crippen LogP) is 3.71. The maximum atomic E-state index is 4.45. The van der Waals surface area contributed by atoms with E-state index in [1.165, 1.54) is 23.9 Å². The maximum Gasteiger partial charge on any atom is 0.0960 e. The molecule has 2 rings (SSSR count). The van der Waals surface area contributed by atoms with Crippen LogP contribution in [0, 0.1) is 6.92 Å². The molecule has 0 aliphatic rings. The Hall–Kier alpha value is -1.31. The molecular weight excluding hydrogens is 184 g/mol. The second kappa shape index (κ2) is 4.05. The van der Waals surface area contributed by atoms with Gasteiger partial charge in [-0.05, 0) is 38.0 Å². The molecule has 15 heavy (non-hydrogen) atoms. The van der Waals surface area contributed by atoms with Crippen LogP contribution in [0.15, 0.2) is 24.5 Å². The number of aryl methyl sites for hydroxylation is 1. The molecule has 0 saturated carbocycles. The standard InChI is InChI=1S/C13H18N2/c1-4-5-11(3)15-9-14-12-8-10(2)6-7-13(12)15/h6-9,11H,4-5H2,1-3H3. The second-order valence-corrected chi connectivity index (χ2v) is 4.28. The highest BCUT2D eigenvalue weighted by molar-refractivity contribution is 5.76. The molecule has 0 bridgehead atoms. The Bertz CT molecular complexity index is 457. The average Bonchev–Trinajstić information content (AvgIpc) is 2.60. The van der Waals surface area contributed by atoms with E-state index in [9.17, 15) is 0 Å². The third-order valence-electron chi connectivity index (χ3n) is 2.91. The van der Waals surface area contributed by atoms with Crippen LogP contribution >= 0.6 is 0 Å². The lowest BCUT2D eigenvalue weighted by Crippen LogP contribution is -2.02. The lowest BCUT2D eigenvalue weighted by molar-refractivity contribution is 0.512. The molecule has 0 N–H and O–H groups in total. The summed E-state index contributed by atoms with van der Waals surface area (Å²) in [4.78, 5) is 4.45. The summed E-state index contributed by atoms with van der Waals surface area (Å²) < 4.78 is 2.28. The minimum Gasteiger partial charge on any atom is -0.328 e. The van der Waals surface area contributed by atoms with Gasteiger partial charge in [0.25, 0.3) is 0 Å². The van der Waals surface area contributed by atoms with Crippen molar-refractivity contribution in [3.05, 3.63) is 30.1 Å². The molecule has 1 heterocycles. The van der Waals surface area contributed by atoms with Crippen molar-refractivity contribution < 1.29 is 0 Å². The van der Waals surface area contributed by atoms with Crippen LogP contribution in [0.2, 0.25) is 0 Å². The van der Waals surface area contributed by atoms with Crippen molar-refractivity contribution in [2.75, 3.05) is 0 Å². The van der Waals surface area contributed by atoms with E-state index in [2.05, 4.69) is 48.5 Å². The summed E-state index contributed by atoms with van der Waals surface area (Å²) >= 11 is 0. The van der Waals surface area contributed by atoms with E-state index in [4.69, 9.17) is 0 Å². The van der Waals surface area contributed by atoms with Gasteiger partial charge in [-0.1, -0.05) is 19.4 Å². The van der Waals surface area contributed by atoms with Gasteiger partial charge in [0.1, 0.15) is 0 Å². The van der Waals surface area contributed by atoms with Crippen LogP contribution in [0.5, 0.6) is 0 Å². The quantitative estimate of drug-likeness (QED) is 0.742. The van der Waals surface area contributed by atoms with Crippen molar-refractivity contribution in [3.8, 4) is 0 Å². The second-order valence-electron chi connectivity index (χ2n) is 4.28.